The number of hydrogen-bond donors (Lipinski definition) is 1. The van der Waals surface area contributed by atoms with Crippen LogP contribution in [0.2, 0.25) is 0 Å². The first-order chi connectivity index (χ1) is 13.2. The lowest BCUT2D eigenvalue weighted by Crippen LogP contribution is -2.37. The van der Waals surface area contributed by atoms with Crippen molar-refractivity contribution in [1.82, 2.24) is 9.47 Å². The third-order valence-corrected chi connectivity index (χ3v) is 4.49. The fourth-order valence-electron chi connectivity index (χ4n) is 2.67. The van der Waals surface area contributed by atoms with Gasteiger partial charge in [0, 0.05) is 18.1 Å². The number of esters is 1. The molecule has 1 aromatic carbocycles. The SMILES string of the molecule is COc1ccc2c(c1)c(CCN(C)C)cn2C(=O)OCOC(=O)C(N)C(C)C. The Labute approximate surface area is 165 Å². The van der Waals surface area contributed by atoms with Crippen molar-refractivity contribution in [3.63, 3.8) is 0 Å². The van der Waals surface area contributed by atoms with Gasteiger partial charge in [0.1, 0.15) is 11.8 Å². The fourth-order valence-corrected chi connectivity index (χ4v) is 2.67. The zero-order valence-corrected chi connectivity index (χ0v) is 17.1. The molecule has 0 fully saturated rings. The van der Waals surface area contributed by atoms with Crippen LogP contribution in [0.5, 0.6) is 5.75 Å². The fraction of sp³-hybridized carbons (Fsp3) is 0.500. The minimum absolute atomic E-state index is 0.0640. The molecule has 2 rings (SSSR count). The number of fused-ring (bicyclic) bond motifs is 1. The summed E-state index contributed by atoms with van der Waals surface area (Å²) >= 11 is 0. The molecule has 0 amide bonds. The maximum absolute atomic E-state index is 12.5. The molecule has 1 heterocycles. The van der Waals surface area contributed by atoms with Gasteiger partial charge in [-0.15, -0.1) is 0 Å². The van der Waals surface area contributed by atoms with E-state index in [4.69, 9.17) is 19.9 Å². The highest BCUT2D eigenvalue weighted by atomic mass is 16.7. The molecule has 0 saturated carbocycles. The largest absolute Gasteiger partial charge is 0.497 e. The Morgan fingerprint density at radius 1 is 1.21 bits per heavy atom. The summed E-state index contributed by atoms with van der Waals surface area (Å²) in [5.74, 6) is 0.0451. The van der Waals surface area contributed by atoms with Gasteiger partial charge >= 0.3 is 12.1 Å². The van der Waals surface area contributed by atoms with Crippen LogP contribution in [0.25, 0.3) is 10.9 Å². The van der Waals surface area contributed by atoms with Crippen LogP contribution in [0.3, 0.4) is 0 Å². The first-order valence-electron chi connectivity index (χ1n) is 9.16. The number of benzene rings is 1. The van der Waals surface area contributed by atoms with Gasteiger partial charge in [-0.05, 0) is 50.2 Å². The molecule has 0 radical (unpaired) electrons. The number of methoxy groups -OCH3 is 1. The van der Waals surface area contributed by atoms with Crippen LogP contribution in [-0.2, 0) is 20.7 Å². The Kier molecular flexibility index (Phi) is 7.42. The number of likely N-dealkylation sites (N-methyl/N-ethyl adjacent to an activating group) is 1. The van der Waals surface area contributed by atoms with Crippen molar-refractivity contribution in [2.75, 3.05) is 34.5 Å². The molecule has 0 saturated heterocycles. The Bertz CT molecular complexity index is 829. The quantitative estimate of drug-likeness (QED) is 0.544. The minimum atomic E-state index is -0.754. The molecule has 2 aromatic rings. The number of nitrogens with zero attached hydrogens (tertiary/aromatic N) is 2. The number of ether oxygens (including phenoxy) is 3. The zero-order valence-electron chi connectivity index (χ0n) is 17.1. The number of rotatable bonds is 8. The van der Waals surface area contributed by atoms with Gasteiger partial charge in [-0.1, -0.05) is 13.8 Å². The summed E-state index contributed by atoms with van der Waals surface area (Å²) in [6.07, 6.45) is 1.88. The van der Waals surface area contributed by atoms with Crippen LogP contribution in [0.4, 0.5) is 4.79 Å². The van der Waals surface area contributed by atoms with Crippen molar-refractivity contribution < 1.29 is 23.8 Å². The van der Waals surface area contributed by atoms with E-state index in [2.05, 4.69) is 4.90 Å². The van der Waals surface area contributed by atoms with E-state index in [1.165, 1.54) is 4.57 Å². The van der Waals surface area contributed by atoms with E-state index in [1.807, 2.05) is 34.0 Å². The van der Waals surface area contributed by atoms with Gasteiger partial charge < -0.3 is 24.8 Å². The Morgan fingerprint density at radius 3 is 2.54 bits per heavy atom. The molecule has 28 heavy (non-hydrogen) atoms. The molecule has 2 N–H and O–H groups in total. The van der Waals surface area contributed by atoms with E-state index in [0.29, 0.717) is 11.3 Å². The Hall–Kier alpha value is -2.58. The van der Waals surface area contributed by atoms with Gasteiger partial charge in [0.15, 0.2) is 0 Å². The summed E-state index contributed by atoms with van der Waals surface area (Å²) < 4.78 is 16.8. The van der Waals surface area contributed by atoms with Gasteiger partial charge in [0.2, 0.25) is 6.79 Å². The molecule has 0 aliphatic heterocycles. The highest BCUT2D eigenvalue weighted by Gasteiger charge is 2.20. The van der Waals surface area contributed by atoms with Crippen molar-refractivity contribution in [2.24, 2.45) is 11.7 Å². The Morgan fingerprint density at radius 2 is 1.93 bits per heavy atom. The smallest absolute Gasteiger partial charge is 0.421 e. The van der Waals surface area contributed by atoms with E-state index in [-0.39, 0.29) is 5.92 Å². The van der Waals surface area contributed by atoms with Crippen molar-refractivity contribution in [3.05, 3.63) is 30.0 Å². The monoisotopic (exact) mass is 391 g/mol. The van der Waals surface area contributed by atoms with E-state index >= 15 is 0 Å². The number of aromatic nitrogens is 1. The number of carbonyl (C=O) groups excluding carboxylic acids is 2. The van der Waals surface area contributed by atoms with Crippen molar-refractivity contribution in [1.29, 1.82) is 0 Å². The zero-order chi connectivity index (χ0) is 20.8. The normalized spacial score (nSPS) is 12.4. The molecule has 1 aromatic heterocycles. The molecule has 0 spiro atoms. The molecule has 1 atom stereocenters. The summed E-state index contributed by atoms with van der Waals surface area (Å²) in [5.41, 5.74) is 7.41. The summed E-state index contributed by atoms with van der Waals surface area (Å²) in [7, 11) is 5.58. The lowest BCUT2D eigenvalue weighted by atomic mass is 10.1. The predicted molar refractivity (Wildman–Crippen MR) is 106 cm³/mol. The summed E-state index contributed by atoms with van der Waals surface area (Å²) in [4.78, 5) is 26.4. The van der Waals surface area contributed by atoms with Crippen LogP contribution >= 0.6 is 0 Å². The van der Waals surface area contributed by atoms with Gasteiger partial charge in [0.05, 0.1) is 12.6 Å². The third kappa shape index (κ3) is 5.24. The molecule has 8 nitrogen and oxygen atoms in total. The number of nitrogens with two attached hydrogens (primary N) is 1. The second-order valence-corrected chi connectivity index (χ2v) is 7.22. The molecule has 1 unspecified atom stereocenters. The van der Waals surface area contributed by atoms with Gasteiger partial charge in [-0.3, -0.25) is 9.36 Å². The van der Waals surface area contributed by atoms with Gasteiger partial charge in [0.25, 0.3) is 0 Å². The molecule has 154 valence electrons. The lowest BCUT2D eigenvalue weighted by Gasteiger charge is -2.14. The number of carbonyl (C=O) groups is 2. The van der Waals surface area contributed by atoms with E-state index < -0.39 is 24.9 Å². The minimum Gasteiger partial charge on any atom is -0.497 e. The average Bonchev–Trinajstić information content (AvgIpc) is 3.03. The maximum atomic E-state index is 12.5. The Balaban J connectivity index is 2.16. The molecule has 8 heteroatoms. The molecule has 0 aliphatic rings. The summed E-state index contributed by atoms with van der Waals surface area (Å²) in [6.45, 7) is 3.97. The second-order valence-electron chi connectivity index (χ2n) is 7.22. The summed E-state index contributed by atoms with van der Waals surface area (Å²) in [6, 6.07) is 4.72. The lowest BCUT2D eigenvalue weighted by molar-refractivity contribution is -0.154. The van der Waals surface area contributed by atoms with Crippen LogP contribution in [0, 0.1) is 5.92 Å². The topological polar surface area (TPSA) is 96.0 Å². The first kappa shape index (κ1) is 21.7. The van der Waals surface area contributed by atoms with Gasteiger partial charge in [-0.25, -0.2) is 4.79 Å². The molecular formula is C20H29N3O5. The molecule has 0 aliphatic carbocycles. The van der Waals surface area contributed by atoms with E-state index in [1.54, 1.807) is 25.4 Å². The third-order valence-electron chi connectivity index (χ3n) is 4.49. The van der Waals surface area contributed by atoms with Crippen LogP contribution in [-0.4, -0.2) is 62.1 Å². The highest BCUT2D eigenvalue weighted by molar-refractivity contribution is 5.92. The first-order valence-corrected chi connectivity index (χ1v) is 9.16. The van der Waals surface area contributed by atoms with Crippen LogP contribution in [0.15, 0.2) is 24.4 Å². The van der Waals surface area contributed by atoms with Crippen molar-refractivity contribution >= 4 is 23.0 Å². The standard InChI is InChI=1S/C20H29N3O5/c1-13(2)18(21)19(24)27-12-28-20(25)23-11-14(8-9-22(3)4)16-10-15(26-5)6-7-17(16)23/h6-7,10-11,13,18H,8-9,12,21H2,1-5H3. The van der Waals surface area contributed by atoms with Crippen molar-refractivity contribution in [3.8, 4) is 5.75 Å². The van der Waals surface area contributed by atoms with Gasteiger partial charge in [-0.2, -0.15) is 0 Å². The predicted octanol–water partition coefficient (Wildman–Crippen LogP) is 2.22. The number of hydrogen-bond acceptors (Lipinski definition) is 7. The maximum Gasteiger partial charge on any atom is 0.421 e. The van der Waals surface area contributed by atoms with E-state index in [9.17, 15) is 9.59 Å². The second kappa shape index (κ2) is 9.57. The van der Waals surface area contributed by atoms with Crippen molar-refractivity contribution in [2.45, 2.75) is 26.3 Å². The average molecular weight is 391 g/mol. The molecular weight excluding hydrogens is 362 g/mol. The highest BCUT2D eigenvalue weighted by Crippen LogP contribution is 2.27. The van der Waals surface area contributed by atoms with E-state index in [0.717, 1.165) is 23.9 Å². The van der Waals surface area contributed by atoms with Crippen LogP contribution < -0.4 is 10.5 Å². The summed E-state index contributed by atoms with van der Waals surface area (Å²) in [5, 5.41) is 0.914. The van der Waals surface area contributed by atoms with Crippen LogP contribution in [0.1, 0.15) is 19.4 Å². The molecule has 0 bridgehead atoms.